The zero-order chi connectivity index (χ0) is 22.4. The second-order valence-electron chi connectivity index (χ2n) is 7.51. The number of fused-ring (bicyclic) bond motifs is 1. The van der Waals surface area contributed by atoms with E-state index in [0.29, 0.717) is 25.1 Å². The summed E-state index contributed by atoms with van der Waals surface area (Å²) in [5, 5.41) is 3.77. The average molecular weight is 432 g/mol. The van der Waals surface area contributed by atoms with E-state index in [0.717, 1.165) is 40.6 Å². The molecule has 1 heterocycles. The van der Waals surface area contributed by atoms with Gasteiger partial charge in [-0.2, -0.15) is 13.2 Å². The highest BCUT2D eigenvalue weighted by molar-refractivity contribution is 5.88. The van der Waals surface area contributed by atoms with Gasteiger partial charge in [-0.05, 0) is 35.6 Å². The zero-order valence-corrected chi connectivity index (χ0v) is 17.7. The highest BCUT2D eigenvalue weighted by Crippen LogP contribution is 2.37. The molecule has 0 fully saturated rings. The maximum atomic E-state index is 13.3. The van der Waals surface area contributed by atoms with Crippen molar-refractivity contribution >= 4 is 16.8 Å². The van der Waals surface area contributed by atoms with Crippen LogP contribution in [0.1, 0.15) is 47.9 Å². The molecule has 0 saturated heterocycles. The number of nitrogens with one attached hydrogen (secondary N) is 2. The number of amides is 1. The molecule has 1 atom stereocenters. The van der Waals surface area contributed by atoms with Crippen LogP contribution >= 0.6 is 0 Å². The third kappa shape index (κ3) is 5.47. The fourth-order valence-corrected chi connectivity index (χ4v) is 3.86. The van der Waals surface area contributed by atoms with Gasteiger partial charge in [0.1, 0.15) is 0 Å². The predicted molar refractivity (Wildman–Crippen MR) is 115 cm³/mol. The van der Waals surface area contributed by atoms with Gasteiger partial charge in [0.05, 0.1) is 5.56 Å². The van der Waals surface area contributed by atoms with Crippen LogP contribution < -0.4 is 5.32 Å². The summed E-state index contributed by atoms with van der Waals surface area (Å²) in [6.45, 7) is 3.03. The third-order valence-electron chi connectivity index (χ3n) is 5.44. The quantitative estimate of drug-likeness (QED) is 0.444. The number of methoxy groups -OCH3 is 1. The molecular weight excluding hydrogens is 405 g/mol. The molecule has 7 heteroatoms. The number of halogens is 3. The Morgan fingerprint density at radius 1 is 1.19 bits per heavy atom. The minimum Gasteiger partial charge on any atom is -0.385 e. The summed E-state index contributed by atoms with van der Waals surface area (Å²) in [5.74, 6) is -0.718. The number of alkyl halides is 3. The van der Waals surface area contributed by atoms with Gasteiger partial charge in [0, 0.05) is 49.7 Å². The first-order valence-corrected chi connectivity index (χ1v) is 10.4. The summed E-state index contributed by atoms with van der Waals surface area (Å²) in [5.41, 5.74) is 2.64. The van der Waals surface area contributed by atoms with Crippen molar-refractivity contribution in [1.29, 1.82) is 0 Å². The number of aryl methyl sites for hydroxylation is 1. The van der Waals surface area contributed by atoms with Crippen molar-refractivity contribution < 1.29 is 22.7 Å². The van der Waals surface area contributed by atoms with E-state index in [1.54, 1.807) is 13.2 Å². The second-order valence-corrected chi connectivity index (χ2v) is 7.51. The van der Waals surface area contributed by atoms with Crippen LogP contribution in [0, 0.1) is 0 Å². The van der Waals surface area contributed by atoms with E-state index in [4.69, 9.17) is 4.74 Å². The van der Waals surface area contributed by atoms with Crippen LogP contribution in [0.15, 0.2) is 48.7 Å². The van der Waals surface area contributed by atoms with E-state index >= 15 is 0 Å². The average Bonchev–Trinajstić information content (AvgIpc) is 3.18. The molecule has 0 aliphatic heterocycles. The van der Waals surface area contributed by atoms with Crippen molar-refractivity contribution in [2.45, 2.75) is 38.3 Å². The number of para-hydroxylation sites is 1. The first-order valence-electron chi connectivity index (χ1n) is 10.4. The van der Waals surface area contributed by atoms with E-state index in [-0.39, 0.29) is 12.3 Å². The summed E-state index contributed by atoms with van der Waals surface area (Å²) < 4.78 is 45.0. The largest absolute Gasteiger partial charge is 0.416 e. The second kappa shape index (κ2) is 10.0. The molecule has 1 aromatic heterocycles. The molecule has 1 amide bonds. The molecule has 0 radical (unpaired) electrons. The topological polar surface area (TPSA) is 54.1 Å². The number of carbonyl (C=O) groups is 1. The van der Waals surface area contributed by atoms with E-state index in [1.165, 1.54) is 6.07 Å². The Morgan fingerprint density at radius 3 is 2.68 bits per heavy atom. The van der Waals surface area contributed by atoms with Gasteiger partial charge in [-0.3, -0.25) is 4.79 Å². The van der Waals surface area contributed by atoms with Gasteiger partial charge in [-0.25, -0.2) is 0 Å². The van der Waals surface area contributed by atoms with Gasteiger partial charge in [0.25, 0.3) is 0 Å². The number of hydrogen-bond donors (Lipinski definition) is 2. The fourth-order valence-electron chi connectivity index (χ4n) is 3.86. The lowest BCUT2D eigenvalue weighted by atomic mass is 9.86. The molecule has 0 aliphatic carbocycles. The molecule has 4 nitrogen and oxygen atoms in total. The van der Waals surface area contributed by atoms with E-state index in [9.17, 15) is 18.0 Å². The summed E-state index contributed by atoms with van der Waals surface area (Å²) in [7, 11) is 1.59. The summed E-state index contributed by atoms with van der Waals surface area (Å²) in [4.78, 5) is 15.9. The van der Waals surface area contributed by atoms with E-state index in [1.807, 2.05) is 31.3 Å². The van der Waals surface area contributed by atoms with Gasteiger partial charge in [0.2, 0.25) is 5.91 Å². The smallest absolute Gasteiger partial charge is 0.385 e. The van der Waals surface area contributed by atoms with Crippen LogP contribution in [-0.4, -0.2) is 31.2 Å². The first-order chi connectivity index (χ1) is 14.8. The Balaban J connectivity index is 1.99. The van der Waals surface area contributed by atoms with Crippen molar-refractivity contribution in [2.24, 2.45) is 0 Å². The van der Waals surface area contributed by atoms with Crippen molar-refractivity contribution in [3.8, 4) is 0 Å². The lowest BCUT2D eigenvalue weighted by Gasteiger charge is -2.19. The number of rotatable bonds is 9. The van der Waals surface area contributed by atoms with E-state index in [2.05, 4.69) is 10.3 Å². The van der Waals surface area contributed by atoms with Gasteiger partial charge in [-0.15, -0.1) is 0 Å². The van der Waals surface area contributed by atoms with Crippen LogP contribution in [0.25, 0.3) is 10.9 Å². The van der Waals surface area contributed by atoms with Crippen LogP contribution in [-0.2, 0) is 22.1 Å². The minimum absolute atomic E-state index is 0.0532. The molecule has 0 aliphatic rings. The Hall–Kier alpha value is -2.80. The predicted octanol–water partition coefficient (Wildman–Crippen LogP) is 5.42. The molecule has 2 aromatic carbocycles. The monoisotopic (exact) mass is 432 g/mol. The molecule has 0 bridgehead atoms. The lowest BCUT2D eigenvalue weighted by Crippen LogP contribution is -2.27. The van der Waals surface area contributed by atoms with Gasteiger partial charge >= 0.3 is 6.18 Å². The number of benzene rings is 2. The summed E-state index contributed by atoms with van der Waals surface area (Å²) in [6, 6.07) is 11.1. The lowest BCUT2D eigenvalue weighted by molar-refractivity contribution is -0.137. The van der Waals surface area contributed by atoms with Gasteiger partial charge in [0.15, 0.2) is 0 Å². The fraction of sp³-hybridized carbons (Fsp3) is 0.375. The van der Waals surface area contributed by atoms with Gasteiger partial charge in [-0.1, -0.05) is 43.3 Å². The highest BCUT2D eigenvalue weighted by atomic mass is 19.4. The van der Waals surface area contributed by atoms with Crippen molar-refractivity contribution in [2.75, 3.05) is 20.3 Å². The summed E-state index contributed by atoms with van der Waals surface area (Å²) in [6.07, 6.45) is -1.09. The number of hydrogen-bond acceptors (Lipinski definition) is 2. The zero-order valence-electron chi connectivity index (χ0n) is 17.7. The highest BCUT2D eigenvalue weighted by Gasteiger charge is 2.32. The maximum absolute atomic E-state index is 13.3. The molecule has 1 unspecified atom stereocenters. The Labute approximate surface area is 179 Å². The Morgan fingerprint density at radius 2 is 1.97 bits per heavy atom. The van der Waals surface area contributed by atoms with Crippen molar-refractivity contribution in [1.82, 2.24) is 10.3 Å². The Bertz CT molecular complexity index is 1030. The third-order valence-corrected chi connectivity index (χ3v) is 5.44. The number of aromatic amines is 1. The number of aromatic nitrogens is 1. The summed E-state index contributed by atoms with van der Waals surface area (Å²) >= 11 is 0. The molecule has 3 rings (SSSR count). The molecule has 0 spiro atoms. The van der Waals surface area contributed by atoms with Crippen LogP contribution in [0.5, 0.6) is 0 Å². The SMILES string of the molecule is CCc1cccc2c(C(CC(=O)NCCCOC)c3cccc(C(F)(F)F)c3)c[nH]c12. The number of ether oxygens (including phenoxy) is 1. The standard InChI is InChI=1S/C24H27F3N2O2/c1-3-16-7-5-10-19-21(15-29-23(16)19)20(14-22(30)28-11-6-12-31-2)17-8-4-9-18(13-17)24(25,26)27/h4-5,7-10,13,15,20,29H,3,6,11-12,14H2,1-2H3,(H,28,30). The van der Waals surface area contributed by atoms with Crippen LogP contribution in [0.3, 0.4) is 0 Å². The molecule has 3 aromatic rings. The maximum Gasteiger partial charge on any atom is 0.416 e. The molecule has 31 heavy (non-hydrogen) atoms. The Kier molecular flexibility index (Phi) is 7.38. The van der Waals surface area contributed by atoms with Gasteiger partial charge < -0.3 is 15.0 Å². The molecule has 0 saturated carbocycles. The van der Waals surface area contributed by atoms with Crippen LogP contribution in [0.2, 0.25) is 0 Å². The first kappa shape index (κ1) is 22.9. The van der Waals surface area contributed by atoms with Crippen LogP contribution in [0.4, 0.5) is 13.2 Å². The van der Waals surface area contributed by atoms with Crippen molar-refractivity contribution in [3.05, 3.63) is 70.9 Å². The minimum atomic E-state index is -4.45. The molecule has 166 valence electrons. The molecular formula is C24H27F3N2O2. The molecule has 2 N–H and O–H groups in total. The number of H-pyrrole nitrogens is 1. The number of carbonyl (C=O) groups excluding carboxylic acids is 1. The van der Waals surface area contributed by atoms with Crippen molar-refractivity contribution in [3.63, 3.8) is 0 Å². The van der Waals surface area contributed by atoms with E-state index < -0.39 is 17.7 Å². The normalized spacial score (nSPS) is 12.8.